The van der Waals surface area contributed by atoms with E-state index in [1.165, 1.54) is 12.0 Å². The molecule has 1 N–H and O–H groups in total. The van der Waals surface area contributed by atoms with E-state index in [2.05, 4.69) is 35.3 Å². The lowest BCUT2D eigenvalue weighted by molar-refractivity contribution is -0.117. The van der Waals surface area contributed by atoms with Crippen LogP contribution in [0.3, 0.4) is 0 Å². The first-order valence-corrected chi connectivity index (χ1v) is 11.5. The number of aryl methyl sites for hydroxylation is 1. The Hall–Kier alpha value is -3.18. The normalized spacial score (nSPS) is 17.6. The van der Waals surface area contributed by atoms with Gasteiger partial charge in [0.15, 0.2) is 5.43 Å². The minimum atomic E-state index is -0.0325. The number of benzene rings is 2. The zero-order chi connectivity index (χ0) is 22.1. The predicted octanol–water partition coefficient (Wildman–Crippen LogP) is 5.01. The minimum absolute atomic E-state index is 0.0284. The Morgan fingerprint density at radius 1 is 1.09 bits per heavy atom. The molecule has 0 unspecified atom stereocenters. The summed E-state index contributed by atoms with van der Waals surface area (Å²) < 4.78 is 6.25. The summed E-state index contributed by atoms with van der Waals surface area (Å²) in [6.07, 6.45) is 7.15. The SMILES string of the molecule is Cc1ccccc1C=C1CCc2c1oc1cc(NC(=O)CN3CCCCC3)ccc1c2=O. The quantitative estimate of drug-likeness (QED) is 0.634. The van der Waals surface area contributed by atoms with Crippen LogP contribution < -0.4 is 10.7 Å². The smallest absolute Gasteiger partial charge is 0.238 e. The fourth-order valence-electron chi connectivity index (χ4n) is 4.76. The number of piperidine rings is 1. The molecular weight excluding hydrogens is 400 g/mol. The number of likely N-dealkylation sites (tertiary alicyclic amines) is 1. The number of carbonyl (C=O) groups excluding carboxylic acids is 1. The van der Waals surface area contributed by atoms with Crippen LogP contribution >= 0.6 is 0 Å². The number of amides is 1. The molecule has 32 heavy (non-hydrogen) atoms. The molecule has 2 aromatic carbocycles. The molecule has 5 rings (SSSR count). The summed E-state index contributed by atoms with van der Waals surface area (Å²) in [5.41, 5.74) is 5.33. The van der Waals surface area contributed by atoms with Crippen LogP contribution in [0.25, 0.3) is 22.6 Å². The summed E-state index contributed by atoms with van der Waals surface area (Å²) in [7, 11) is 0. The lowest BCUT2D eigenvalue weighted by Crippen LogP contribution is -2.36. The molecule has 1 aliphatic carbocycles. The molecule has 5 heteroatoms. The average molecular weight is 429 g/mol. The number of carbonyl (C=O) groups is 1. The number of hydrogen-bond acceptors (Lipinski definition) is 4. The molecule has 0 bridgehead atoms. The number of rotatable bonds is 4. The topological polar surface area (TPSA) is 62.6 Å². The van der Waals surface area contributed by atoms with Gasteiger partial charge in [-0.2, -0.15) is 0 Å². The second-order valence-electron chi connectivity index (χ2n) is 8.86. The lowest BCUT2D eigenvalue weighted by atomic mass is 10.0. The van der Waals surface area contributed by atoms with Crippen molar-refractivity contribution in [3.63, 3.8) is 0 Å². The Morgan fingerprint density at radius 3 is 2.72 bits per heavy atom. The van der Waals surface area contributed by atoms with Crippen molar-refractivity contribution in [3.8, 4) is 0 Å². The molecule has 1 saturated heterocycles. The average Bonchev–Trinajstić information content (AvgIpc) is 3.19. The van der Waals surface area contributed by atoms with Crippen molar-refractivity contribution >= 4 is 34.2 Å². The first-order chi connectivity index (χ1) is 15.6. The van der Waals surface area contributed by atoms with Crippen molar-refractivity contribution in [2.75, 3.05) is 25.0 Å². The van der Waals surface area contributed by atoms with Gasteiger partial charge in [-0.3, -0.25) is 14.5 Å². The monoisotopic (exact) mass is 428 g/mol. The van der Waals surface area contributed by atoms with Crippen LogP contribution in [0.5, 0.6) is 0 Å². The molecule has 0 radical (unpaired) electrons. The van der Waals surface area contributed by atoms with E-state index < -0.39 is 0 Å². The molecular formula is C27H28N2O3. The summed E-state index contributed by atoms with van der Waals surface area (Å²) in [5, 5.41) is 3.53. The van der Waals surface area contributed by atoms with E-state index in [9.17, 15) is 9.59 Å². The largest absolute Gasteiger partial charge is 0.456 e. The summed E-state index contributed by atoms with van der Waals surface area (Å²) in [6.45, 7) is 4.43. The Bertz CT molecular complexity index is 1270. The number of nitrogens with one attached hydrogen (secondary N) is 1. The van der Waals surface area contributed by atoms with Crippen LogP contribution in [0.15, 0.2) is 51.7 Å². The van der Waals surface area contributed by atoms with Gasteiger partial charge in [-0.15, -0.1) is 0 Å². The van der Waals surface area contributed by atoms with Gasteiger partial charge in [-0.1, -0.05) is 30.7 Å². The number of nitrogens with zero attached hydrogens (tertiary/aromatic N) is 1. The van der Waals surface area contributed by atoms with Gasteiger partial charge < -0.3 is 9.73 Å². The molecule has 1 aliphatic heterocycles. The molecule has 5 nitrogen and oxygen atoms in total. The number of hydrogen-bond donors (Lipinski definition) is 1. The highest BCUT2D eigenvalue weighted by Crippen LogP contribution is 2.35. The zero-order valence-electron chi connectivity index (χ0n) is 18.4. The molecule has 0 atom stereocenters. The van der Waals surface area contributed by atoms with Crippen molar-refractivity contribution in [3.05, 3.63) is 75.1 Å². The maximum absolute atomic E-state index is 13.1. The van der Waals surface area contributed by atoms with Crippen molar-refractivity contribution in [1.29, 1.82) is 0 Å². The van der Waals surface area contributed by atoms with Crippen molar-refractivity contribution in [2.24, 2.45) is 0 Å². The van der Waals surface area contributed by atoms with Crippen LogP contribution in [0.2, 0.25) is 0 Å². The molecule has 164 valence electrons. The first-order valence-electron chi connectivity index (χ1n) is 11.5. The molecule has 3 aromatic rings. The highest BCUT2D eigenvalue weighted by atomic mass is 16.3. The third kappa shape index (κ3) is 4.13. The first kappa shape index (κ1) is 20.7. The molecule has 2 heterocycles. The van der Waals surface area contributed by atoms with Gasteiger partial charge in [0, 0.05) is 17.3 Å². The van der Waals surface area contributed by atoms with Gasteiger partial charge >= 0.3 is 0 Å². The number of fused-ring (bicyclic) bond motifs is 2. The van der Waals surface area contributed by atoms with Gasteiger partial charge in [0.05, 0.1) is 11.9 Å². The van der Waals surface area contributed by atoms with E-state index >= 15 is 0 Å². The van der Waals surface area contributed by atoms with Gasteiger partial charge in [-0.05, 0) is 80.6 Å². The summed E-state index contributed by atoms with van der Waals surface area (Å²) in [6, 6.07) is 13.5. The fraction of sp³-hybridized carbons (Fsp3) is 0.333. The van der Waals surface area contributed by atoms with Gasteiger partial charge in [0.25, 0.3) is 0 Å². The summed E-state index contributed by atoms with van der Waals surface area (Å²) in [5.74, 6) is 0.650. The maximum Gasteiger partial charge on any atom is 0.238 e. The van der Waals surface area contributed by atoms with Crippen LogP contribution in [0.1, 0.15) is 48.1 Å². The van der Waals surface area contributed by atoms with E-state index in [-0.39, 0.29) is 11.3 Å². The predicted molar refractivity (Wildman–Crippen MR) is 129 cm³/mol. The lowest BCUT2D eigenvalue weighted by Gasteiger charge is -2.25. The fourth-order valence-corrected chi connectivity index (χ4v) is 4.76. The van der Waals surface area contributed by atoms with Gasteiger partial charge in [0.1, 0.15) is 11.3 Å². The molecule has 1 aromatic heterocycles. The molecule has 1 fully saturated rings. The maximum atomic E-state index is 13.1. The van der Waals surface area contributed by atoms with Crippen LogP contribution in [-0.4, -0.2) is 30.4 Å². The zero-order valence-corrected chi connectivity index (χ0v) is 18.4. The number of anilines is 1. The highest BCUT2D eigenvalue weighted by Gasteiger charge is 2.24. The molecule has 1 amide bonds. The second kappa shape index (κ2) is 8.75. The standard InChI is InChI=1S/C27H28N2O3/c1-18-7-3-4-8-19(18)15-20-9-11-23-26(31)22-12-10-21(16-24(22)32-27(20)23)28-25(30)17-29-13-5-2-6-14-29/h3-4,7-8,10,12,15-16H,2,5-6,9,11,13-14,17H2,1H3,(H,28,30). The van der Waals surface area contributed by atoms with E-state index in [1.54, 1.807) is 18.2 Å². The van der Waals surface area contributed by atoms with E-state index in [0.717, 1.165) is 49.1 Å². The third-order valence-corrected chi connectivity index (χ3v) is 6.54. The third-order valence-electron chi connectivity index (χ3n) is 6.54. The Kier molecular flexibility index (Phi) is 5.66. The van der Waals surface area contributed by atoms with Crippen molar-refractivity contribution < 1.29 is 9.21 Å². The van der Waals surface area contributed by atoms with E-state index in [4.69, 9.17) is 4.42 Å². The molecule has 2 aliphatic rings. The van der Waals surface area contributed by atoms with Gasteiger partial charge in [0.2, 0.25) is 5.91 Å². The van der Waals surface area contributed by atoms with Crippen LogP contribution in [-0.2, 0) is 11.2 Å². The van der Waals surface area contributed by atoms with E-state index in [0.29, 0.717) is 35.4 Å². The Morgan fingerprint density at radius 2 is 1.91 bits per heavy atom. The summed E-state index contributed by atoms with van der Waals surface area (Å²) >= 11 is 0. The van der Waals surface area contributed by atoms with Crippen molar-refractivity contribution in [1.82, 2.24) is 4.90 Å². The Balaban J connectivity index is 1.44. The molecule has 0 spiro atoms. The Labute approximate surface area is 187 Å². The minimum Gasteiger partial charge on any atom is -0.456 e. The van der Waals surface area contributed by atoms with Crippen LogP contribution in [0.4, 0.5) is 5.69 Å². The van der Waals surface area contributed by atoms with Crippen LogP contribution in [0, 0.1) is 6.92 Å². The van der Waals surface area contributed by atoms with Crippen molar-refractivity contribution in [2.45, 2.75) is 39.0 Å². The second-order valence-corrected chi connectivity index (χ2v) is 8.86. The summed E-state index contributed by atoms with van der Waals surface area (Å²) in [4.78, 5) is 27.8. The van der Waals surface area contributed by atoms with E-state index in [1.807, 2.05) is 12.1 Å². The highest BCUT2D eigenvalue weighted by molar-refractivity contribution is 5.95. The van der Waals surface area contributed by atoms with Gasteiger partial charge in [-0.25, -0.2) is 0 Å². The molecule has 0 saturated carbocycles. The number of allylic oxidation sites excluding steroid dienone is 1.